The van der Waals surface area contributed by atoms with Gasteiger partial charge in [0.25, 0.3) is 0 Å². The molecule has 1 aliphatic carbocycles. The molecule has 11 rings (SSSR count). The number of fused-ring (bicyclic) bond motifs is 7. The fourth-order valence-electron chi connectivity index (χ4n) is 8.61. The summed E-state index contributed by atoms with van der Waals surface area (Å²) in [5.74, 6) is 2.02. The molecule has 0 fully saturated rings. The van der Waals surface area contributed by atoms with Gasteiger partial charge in [-0.2, -0.15) is 0 Å². The van der Waals surface area contributed by atoms with E-state index in [1.54, 1.807) is 11.3 Å². The van der Waals surface area contributed by atoms with Crippen molar-refractivity contribution in [2.24, 2.45) is 0 Å². The van der Waals surface area contributed by atoms with Crippen molar-refractivity contribution in [3.8, 4) is 51.0 Å². The first-order chi connectivity index (χ1) is 28.7. The van der Waals surface area contributed by atoms with E-state index >= 15 is 0 Å². The zero-order valence-corrected chi connectivity index (χ0v) is 32.5. The first-order valence-corrected chi connectivity index (χ1v) is 20.5. The molecule has 0 atom stereocenters. The number of rotatable bonds is 7. The number of allylic oxidation sites excluding steroid dienone is 1. The molecule has 5 heteroatoms. The summed E-state index contributed by atoms with van der Waals surface area (Å²) in [5.41, 5.74) is 11.6. The molecule has 3 heterocycles. The average molecular weight is 761 g/mol. The summed E-state index contributed by atoms with van der Waals surface area (Å²) >= 11 is 1.79. The Kier molecular flexibility index (Phi) is 8.26. The Morgan fingerprint density at radius 2 is 1.29 bits per heavy atom. The summed E-state index contributed by atoms with van der Waals surface area (Å²) in [5, 5.41) is 6.06. The van der Waals surface area contributed by atoms with Crippen molar-refractivity contribution in [1.82, 2.24) is 19.5 Å². The highest BCUT2D eigenvalue weighted by molar-refractivity contribution is 7.26. The highest BCUT2D eigenvalue weighted by Crippen LogP contribution is 2.42. The average Bonchev–Trinajstić information content (AvgIpc) is 3.95. The molecule has 0 saturated heterocycles. The van der Waals surface area contributed by atoms with E-state index in [0.29, 0.717) is 17.5 Å². The Bertz CT molecular complexity index is 3360. The van der Waals surface area contributed by atoms with Gasteiger partial charge in [0, 0.05) is 53.2 Å². The summed E-state index contributed by atoms with van der Waals surface area (Å²) in [6.07, 6.45) is 8.08. The second-order valence-corrected chi connectivity index (χ2v) is 15.8. The minimum absolute atomic E-state index is 0.665. The van der Waals surface area contributed by atoms with Gasteiger partial charge in [-0.3, -0.25) is 0 Å². The van der Waals surface area contributed by atoms with E-state index in [9.17, 15) is 0 Å². The van der Waals surface area contributed by atoms with Gasteiger partial charge in [-0.1, -0.05) is 146 Å². The molecular weight excluding hydrogens is 725 g/mol. The van der Waals surface area contributed by atoms with E-state index in [2.05, 4.69) is 169 Å². The van der Waals surface area contributed by atoms with Crippen LogP contribution in [0.5, 0.6) is 0 Å². The molecule has 3 aromatic heterocycles. The van der Waals surface area contributed by atoms with Crippen LogP contribution in [-0.2, 0) is 12.8 Å². The van der Waals surface area contributed by atoms with E-state index in [0.717, 1.165) is 40.6 Å². The molecule has 0 aliphatic heterocycles. The van der Waals surface area contributed by atoms with Gasteiger partial charge in [0.05, 0.1) is 10.9 Å². The molecule has 10 aromatic rings. The maximum atomic E-state index is 5.21. The molecule has 0 radical (unpaired) electrons. The second kappa shape index (κ2) is 14.1. The molecule has 58 heavy (non-hydrogen) atoms. The van der Waals surface area contributed by atoms with E-state index in [1.807, 2.05) is 24.3 Å². The Morgan fingerprint density at radius 3 is 2.14 bits per heavy atom. The van der Waals surface area contributed by atoms with Crippen LogP contribution in [0.3, 0.4) is 0 Å². The maximum absolute atomic E-state index is 5.21. The summed E-state index contributed by atoms with van der Waals surface area (Å²) in [6, 6.07) is 58.2. The molecule has 1 aliphatic rings. The Balaban J connectivity index is 1.02. The highest BCUT2D eigenvalue weighted by atomic mass is 32.1. The molecule has 7 aromatic carbocycles. The first-order valence-electron chi connectivity index (χ1n) is 19.7. The zero-order chi connectivity index (χ0) is 38.6. The summed E-state index contributed by atoms with van der Waals surface area (Å²) < 4.78 is 4.83. The molecule has 274 valence electrons. The number of benzene rings is 7. The number of hydrogen-bond acceptors (Lipinski definition) is 4. The number of hydrogen-bond donors (Lipinski definition) is 0. The fraction of sp³-hybridized carbons (Fsp3) is 0.0377. The van der Waals surface area contributed by atoms with Gasteiger partial charge in [-0.25, -0.2) is 15.0 Å². The molecule has 0 unspecified atom stereocenters. The zero-order valence-electron chi connectivity index (χ0n) is 31.6. The monoisotopic (exact) mass is 760 g/mol. The van der Waals surface area contributed by atoms with Crippen molar-refractivity contribution in [3.63, 3.8) is 0 Å². The predicted molar refractivity (Wildman–Crippen MR) is 243 cm³/mol. The molecule has 0 N–H and O–H groups in total. The predicted octanol–water partition coefficient (Wildman–Crippen LogP) is 11.7. The van der Waals surface area contributed by atoms with Gasteiger partial charge in [0.2, 0.25) is 0 Å². The Morgan fingerprint density at radius 1 is 0.569 bits per heavy atom. The van der Waals surface area contributed by atoms with Gasteiger partial charge in [-0.05, 0) is 83.1 Å². The number of para-hydroxylation sites is 1. The molecule has 0 amide bonds. The number of aromatic nitrogens is 4. The maximum Gasteiger partial charge on any atom is 0.165 e. The largest absolute Gasteiger partial charge is 0.309 e. The summed E-state index contributed by atoms with van der Waals surface area (Å²) in [6.45, 7) is 4.11. The normalized spacial score (nSPS) is 12.8. The van der Waals surface area contributed by atoms with E-state index < -0.39 is 0 Å². The highest BCUT2D eigenvalue weighted by Gasteiger charge is 2.22. The van der Waals surface area contributed by atoms with E-state index in [1.165, 1.54) is 64.1 Å². The van der Waals surface area contributed by atoms with Gasteiger partial charge in [0.15, 0.2) is 17.5 Å². The Labute approximate surface area is 340 Å². The molecular formula is C53H36N4S. The molecule has 4 nitrogen and oxygen atoms in total. The van der Waals surface area contributed by atoms with E-state index in [-0.39, 0.29) is 0 Å². The molecule has 0 spiro atoms. The lowest BCUT2D eigenvalue weighted by atomic mass is 10.0. The number of nitrogens with zero attached hydrogens (tertiary/aromatic N) is 4. The van der Waals surface area contributed by atoms with Crippen molar-refractivity contribution in [2.75, 3.05) is 0 Å². The van der Waals surface area contributed by atoms with Gasteiger partial charge < -0.3 is 4.57 Å². The number of thiophene rings is 1. The second-order valence-electron chi connectivity index (χ2n) is 14.8. The first kappa shape index (κ1) is 34.1. The van der Waals surface area contributed by atoms with Crippen LogP contribution in [0.25, 0.3) is 94.2 Å². The summed E-state index contributed by atoms with van der Waals surface area (Å²) in [7, 11) is 0. The van der Waals surface area contributed by atoms with Crippen molar-refractivity contribution >= 4 is 54.6 Å². The SMILES string of the molecule is C=C/C=c1\c(=C/Cc2ccccc2)c2ccccc2n1-c1ccc2c(c1)-c1ccc(-c3nc(-c4ccccc4)nc(-c4cccc5c4sc4ccccc45)n3)cc1C2. The standard InChI is InChI=1S/C53H36N4S/c1-2-14-47-42(29-25-34-15-5-3-6-16-34)41-19-9-11-23-48(41)57(47)39-28-26-36-31-38-32-37(27-30-40(38)46(36)33-39)52-54-51(35-17-7-4-8-18-35)55-53(56-52)45-22-13-21-44-43-20-10-12-24-49(43)58-50(44)45/h2-24,26-30,32-33H,1,25,31H2/b42-29-,47-14+. The van der Waals surface area contributed by atoms with Crippen LogP contribution in [0.4, 0.5) is 0 Å². The third kappa shape index (κ3) is 5.78. The van der Waals surface area contributed by atoms with Gasteiger partial charge >= 0.3 is 0 Å². The van der Waals surface area contributed by atoms with Gasteiger partial charge in [-0.15, -0.1) is 11.3 Å². The third-order valence-corrected chi connectivity index (χ3v) is 12.5. The van der Waals surface area contributed by atoms with Crippen LogP contribution >= 0.6 is 11.3 Å². The van der Waals surface area contributed by atoms with E-state index in [4.69, 9.17) is 15.0 Å². The van der Waals surface area contributed by atoms with Crippen molar-refractivity contribution in [2.45, 2.75) is 12.8 Å². The smallest absolute Gasteiger partial charge is 0.165 e. The Hall–Kier alpha value is -7.21. The van der Waals surface area contributed by atoms with Crippen LogP contribution in [0.2, 0.25) is 0 Å². The van der Waals surface area contributed by atoms with Crippen LogP contribution in [0.1, 0.15) is 16.7 Å². The third-order valence-electron chi connectivity index (χ3n) is 11.3. The fourth-order valence-corrected chi connectivity index (χ4v) is 9.82. The van der Waals surface area contributed by atoms with Crippen LogP contribution in [0.15, 0.2) is 176 Å². The minimum Gasteiger partial charge on any atom is -0.309 e. The topological polar surface area (TPSA) is 43.6 Å². The molecule has 0 saturated carbocycles. The van der Waals surface area contributed by atoms with Crippen LogP contribution < -0.4 is 10.6 Å². The lowest BCUT2D eigenvalue weighted by Gasteiger charge is -2.11. The van der Waals surface area contributed by atoms with Crippen molar-refractivity contribution in [3.05, 3.63) is 204 Å². The summed E-state index contributed by atoms with van der Waals surface area (Å²) in [4.78, 5) is 15.4. The quantitative estimate of drug-likeness (QED) is 0.162. The minimum atomic E-state index is 0.665. The van der Waals surface area contributed by atoms with Crippen molar-refractivity contribution in [1.29, 1.82) is 0 Å². The van der Waals surface area contributed by atoms with Gasteiger partial charge in [0.1, 0.15) is 0 Å². The lowest BCUT2D eigenvalue weighted by Crippen LogP contribution is -2.28. The van der Waals surface area contributed by atoms with Crippen LogP contribution in [-0.4, -0.2) is 19.5 Å². The van der Waals surface area contributed by atoms with Crippen molar-refractivity contribution < 1.29 is 0 Å². The van der Waals surface area contributed by atoms with Crippen LogP contribution in [0, 0.1) is 0 Å². The molecule has 0 bridgehead atoms. The lowest BCUT2D eigenvalue weighted by molar-refractivity contribution is 1.07.